The van der Waals surface area contributed by atoms with E-state index in [9.17, 15) is 4.79 Å². The van der Waals surface area contributed by atoms with Crippen molar-refractivity contribution < 1.29 is 9.53 Å². The number of aromatic nitrogens is 1. The smallest absolute Gasteiger partial charge is 0.254 e. The van der Waals surface area contributed by atoms with Crippen LogP contribution in [0.1, 0.15) is 17.3 Å². The number of rotatable bonds is 3. The van der Waals surface area contributed by atoms with Crippen molar-refractivity contribution in [1.29, 1.82) is 0 Å². The molecule has 1 N–H and O–H groups in total. The molecule has 0 aliphatic carbocycles. The molecular weight excluding hydrogens is 278 g/mol. The first-order chi connectivity index (χ1) is 10.7. The predicted molar refractivity (Wildman–Crippen MR) is 84.1 cm³/mol. The highest BCUT2D eigenvalue weighted by atomic mass is 16.5. The van der Waals surface area contributed by atoms with E-state index in [1.165, 1.54) is 0 Å². The fourth-order valence-corrected chi connectivity index (χ4v) is 2.52. The molecule has 1 aliphatic rings. The van der Waals surface area contributed by atoms with Crippen LogP contribution in [0.4, 0.5) is 0 Å². The van der Waals surface area contributed by atoms with Gasteiger partial charge in [0.2, 0.25) is 0 Å². The third-order valence-electron chi connectivity index (χ3n) is 3.73. The van der Waals surface area contributed by atoms with Gasteiger partial charge >= 0.3 is 0 Å². The first-order valence-corrected chi connectivity index (χ1v) is 7.43. The Kier molecular flexibility index (Phi) is 4.34. The average Bonchev–Trinajstić information content (AvgIpc) is 2.56. The van der Waals surface area contributed by atoms with Crippen LogP contribution in [0.2, 0.25) is 0 Å². The number of hydrogen-bond acceptors (Lipinski definition) is 4. The number of benzene rings is 1. The van der Waals surface area contributed by atoms with Crippen LogP contribution < -0.4 is 10.1 Å². The summed E-state index contributed by atoms with van der Waals surface area (Å²) in [5, 5.41) is 3.29. The van der Waals surface area contributed by atoms with E-state index < -0.39 is 0 Å². The molecule has 3 rings (SSSR count). The van der Waals surface area contributed by atoms with Gasteiger partial charge in [0.05, 0.1) is 6.20 Å². The van der Waals surface area contributed by atoms with Gasteiger partial charge in [-0.05, 0) is 43.3 Å². The molecule has 5 nitrogen and oxygen atoms in total. The van der Waals surface area contributed by atoms with Crippen LogP contribution in [0.3, 0.4) is 0 Å². The van der Waals surface area contributed by atoms with Crippen molar-refractivity contribution in [3.05, 3.63) is 54.4 Å². The molecule has 0 spiro atoms. The molecule has 1 saturated heterocycles. The van der Waals surface area contributed by atoms with Gasteiger partial charge in [-0.2, -0.15) is 0 Å². The summed E-state index contributed by atoms with van der Waals surface area (Å²) < 4.78 is 5.68. The fourth-order valence-electron chi connectivity index (χ4n) is 2.52. The lowest BCUT2D eigenvalue weighted by Crippen LogP contribution is -2.52. The van der Waals surface area contributed by atoms with Crippen LogP contribution in [-0.4, -0.2) is 41.5 Å². The van der Waals surface area contributed by atoms with E-state index in [0.717, 1.165) is 19.6 Å². The van der Waals surface area contributed by atoms with E-state index in [0.29, 0.717) is 17.1 Å². The van der Waals surface area contributed by atoms with E-state index in [-0.39, 0.29) is 11.9 Å². The van der Waals surface area contributed by atoms with E-state index >= 15 is 0 Å². The Balaban J connectivity index is 1.69. The Morgan fingerprint density at radius 1 is 1.27 bits per heavy atom. The van der Waals surface area contributed by atoms with E-state index in [1.807, 2.05) is 41.3 Å². The Bertz CT molecular complexity index is 628. The minimum atomic E-state index is 0.0712. The second-order valence-corrected chi connectivity index (χ2v) is 5.37. The van der Waals surface area contributed by atoms with Gasteiger partial charge in [0.1, 0.15) is 11.5 Å². The molecule has 1 fully saturated rings. The number of hydrogen-bond donors (Lipinski definition) is 1. The highest BCUT2D eigenvalue weighted by Crippen LogP contribution is 2.21. The summed E-state index contributed by atoms with van der Waals surface area (Å²) in [4.78, 5) is 18.4. The quantitative estimate of drug-likeness (QED) is 0.944. The van der Waals surface area contributed by atoms with Gasteiger partial charge in [-0.3, -0.25) is 9.78 Å². The summed E-state index contributed by atoms with van der Waals surface area (Å²) in [5.74, 6) is 1.44. The molecule has 5 heteroatoms. The van der Waals surface area contributed by atoms with Gasteiger partial charge in [0.25, 0.3) is 5.91 Å². The number of amides is 1. The maximum absolute atomic E-state index is 12.5. The number of carbonyl (C=O) groups is 1. The minimum Gasteiger partial charge on any atom is -0.456 e. The van der Waals surface area contributed by atoms with Crippen molar-refractivity contribution in [3.8, 4) is 11.5 Å². The molecule has 2 heterocycles. The lowest BCUT2D eigenvalue weighted by Gasteiger charge is -2.34. The molecule has 0 radical (unpaired) electrons. The third-order valence-corrected chi connectivity index (χ3v) is 3.73. The minimum absolute atomic E-state index is 0.0712. The number of pyridine rings is 1. The molecule has 114 valence electrons. The topological polar surface area (TPSA) is 54.5 Å². The zero-order valence-corrected chi connectivity index (χ0v) is 12.5. The Hall–Kier alpha value is -2.40. The molecule has 1 aromatic heterocycles. The van der Waals surface area contributed by atoms with Gasteiger partial charge in [0, 0.05) is 37.4 Å². The summed E-state index contributed by atoms with van der Waals surface area (Å²) in [6.45, 7) is 4.49. The van der Waals surface area contributed by atoms with Gasteiger partial charge < -0.3 is 15.0 Å². The molecule has 0 bridgehead atoms. The van der Waals surface area contributed by atoms with Gasteiger partial charge in [0.15, 0.2) is 0 Å². The molecule has 0 saturated carbocycles. The fraction of sp³-hybridized carbons (Fsp3) is 0.294. The number of piperazine rings is 1. The summed E-state index contributed by atoms with van der Waals surface area (Å²) >= 11 is 0. The lowest BCUT2D eigenvalue weighted by molar-refractivity contribution is 0.0656. The Morgan fingerprint density at radius 2 is 2.09 bits per heavy atom. The van der Waals surface area contributed by atoms with Crippen molar-refractivity contribution in [3.63, 3.8) is 0 Å². The first-order valence-electron chi connectivity index (χ1n) is 7.43. The van der Waals surface area contributed by atoms with Crippen LogP contribution in [0, 0.1) is 0 Å². The van der Waals surface area contributed by atoms with Crippen LogP contribution in [-0.2, 0) is 0 Å². The number of nitrogens with one attached hydrogen (secondary N) is 1. The second kappa shape index (κ2) is 6.58. The van der Waals surface area contributed by atoms with Gasteiger partial charge in [-0.25, -0.2) is 0 Å². The Morgan fingerprint density at radius 3 is 2.77 bits per heavy atom. The van der Waals surface area contributed by atoms with Gasteiger partial charge in [-0.15, -0.1) is 0 Å². The SMILES string of the molecule is CC1CNCCN1C(=O)c1ccc(Oc2cccnc2)cc1. The second-order valence-electron chi connectivity index (χ2n) is 5.37. The van der Waals surface area contributed by atoms with E-state index in [4.69, 9.17) is 4.74 Å². The summed E-state index contributed by atoms with van der Waals surface area (Å²) in [5.41, 5.74) is 0.687. The van der Waals surface area contributed by atoms with Crippen molar-refractivity contribution >= 4 is 5.91 Å². The van der Waals surface area contributed by atoms with Crippen molar-refractivity contribution in [1.82, 2.24) is 15.2 Å². The molecule has 1 aliphatic heterocycles. The van der Waals surface area contributed by atoms with Crippen LogP contribution >= 0.6 is 0 Å². The highest BCUT2D eigenvalue weighted by molar-refractivity contribution is 5.94. The van der Waals surface area contributed by atoms with Gasteiger partial charge in [-0.1, -0.05) is 0 Å². The van der Waals surface area contributed by atoms with E-state index in [1.54, 1.807) is 12.4 Å². The molecule has 2 aromatic rings. The number of nitrogens with zero attached hydrogens (tertiary/aromatic N) is 2. The zero-order valence-electron chi connectivity index (χ0n) is 12.5. The average molecular weight is 297 g/mol. The van der Waals surface area contributed by atoms with Crippen molar-refractivity contribution in [2.24, 2.45) is 0 Å². The maximum atomic E-state index is 12.5. The zero-order chi connectivity index (χ0) is 15.4. The number of carbonyl (C=O) groups excluding carboxylic acids is 1. The van der Waals surface area contributed by atoms with Crippen molar-refractivity contribution in [2.45, 2.75) is 13.0 Å². The summed E-state index contributed by atoms with van der Waals surface area (Å²) in [6.07, 6.45) is 3.35. The standard InChI is InChI=1S/C17H19N3O2/c1-13-11-19-9-10-20(13)17(21)14-4-6-15(7-5-14)22-16-3-2-8-18-12-16/h2-8,12-13,19H,9-11H2,1H3. The van der Waals surface area contributed by atoms with E-state index in [2.05, 4.69) is 17.2 Å². The lowest BCUT2D eigenvalue weighted by atomic mass is 10.1. The third kappa shape index (κ3) is 3.26. The largest absolute Gasteiger partial charge is 0.456 e. The Labute approximate surface area is 129 Å². The van der Waals surface area contributed by atoms with Crippen molar-refractivity contribution in [2.75, 3.05) is 19.6 Å². The highest BCUT2D eigenvalue weighted by Gasteiger charge is 2.23. The first kappa shape index (κ1) is 14.5. The van der Waals surface area contributed by atoms with Crippen LogP contribution in [0.25, 0.3) is 0 Å². The molecule has 22 heavy (non-hydrogen) atoms. The number of ether oxygens (including phenoxy) is 1. The molecule has 1 amide bonds. The molecule has 1 unspecified atom stereocenters. The maximum Gasteiger partial charge on any atom is 0.254 e. The predicted octanol–water partition coefficient (Wildman–Crippen LogP) is 2.31. The summed E-state index contributed by atoms with van der Waals surface area (Å²) in [7, 11) is 0. The van der Waals surface area contributed by atoms with Crippen LogP contribution in [0.5, 0.6) is 11.5 Å². The summed E-state index contributed by atoms with van der Waals surface area (Å²) in [6, 6.07) is 11.1. The normalized spacial score (nSPS) is 18.0. The molecule has 1 aromatic carbocycles. The molecule has 1 atom stereocenters. The van der Waals surface area contributed by atoms with Crippen LogP contribution in [0.15, 0.2) is 48.8 Å². The molecular formula is C17H19N3O2. The monoisotopic (exact) mass is 297 g/mol.